The van der Waals surface area contributed by atoms with E-state index in [1.54, 1.807) is 36.4 Å². The molecule has 0 spiro atoms. The van der Waals surface area contributed by atoms with Gasteiger partial charge in [-0.05, 0) is 18.2 Å². The highest BCUT2D eigenvalue weighted by atomic mass is 35.5. The Morgan fingerprint density at radius 3 is 2.67 bits per heavy atom. The van der Waals surface area contributed by atoms with Crippen LogP contribution in [0.1, 0.15) is 0 Å². The van der Waals surface area contributed by atoms with Gasteiger partial charge in [-0.15, -0.1) is 10.2 Å². The van der Waals surface area contributed by atoms with Crippen LogP contribution < -0.4 is 10.5 Å². The molecule has 0 fully saturated rings. The molecule has 4 nitrogen and oxygen atoms in total. The summed E-state index contributed by atoms with van der Waals surface area (Å²) in [6, 6.07) is 10.3. The number of anilines is 1. The molecule has 5 heteroatoms. The molecule has 2 rings (SSSR count). The van der Waals surface area contributed by atoms with Crippen LogP contribution >= 0.6 is 11.6 Å². The second kappa shape index (κ2) is 4.14. The molecule has 2 aromatic rings. The third kappa shape index (κ3) is 2.57. The van der Waals surface area contributed by atoms with Gasteiger partial charge < -0.3 is 10.5 Å². The van der Waals surface area contributed by atoms with Crippen molar-refractivity contribution in [3.63, 3.8) is 0 Å². The van der Waals surface area contributed by atoms with Crippen molar-refractivity contribution in [2.75, 3.05) is 5.73 Å². The molecule has 0 atom stereocenters. The fourth-order valence-corrected chi connectivity index (χ4v) is 1.16. The van der Waals surface area contributed by atoms with Gasteiger partial charge in [0.2, 0.25) is 5.88 Å². The normalized spacial score (nSPS) is 9.93. The molecule has 0 amide bonds. The molecule has 0 bridgehead atoms. The van der Waals surface area contributed by atoms with Gasteiger partial charge in [-0.3, -0.25) is 0 Å². The summed E-state index contributed by atoms with van der Waals surface area (Å²) in [7, 11) is 0. The quantitative estimate of drug-likeness (QED) is 0.792. The van der Waals surface area contributed by atoms with Crippen LogP contribution in [0.3, 0.4) is 0 Å². The third-order valence-electron chi connectivity index (χ3n) is 1.69. The van der Waals surface area contributed by atoms with Crippen LogP contribution in [0.4, 0.5) is 5.69 Å². The van der Waals surface area contributed by atoms with Crippen LogP contribution in [0.5, 0.6) is 11.6 Å². The maximum absolute atomic E-state index is 5.60. The molecule has 0 unspecified atom stereocenters. The summed E-state index contributed by atoms with van der Waals surface area (Å²) in [5, 5.41) is 7.74. The van der Waals surface area contributed by atoms with Gasteiger partial charge in [0.25, 0.3) is 0 Å². The van der Waals surface area contributed by atoms with E-state index in [4.69, 9.17) is 22.1 Å². The monoisotopic (exact) mass is 221 g/mol. The van der Waals surface area contributed by atoms with Crippen molar-refractivity contribution in [1.29, 1.82) is 0 Å². The van der Waals surface area contributed by atoms with Crippen LogP contribution in [0, 0.1) is 0 Å². The highest BCUT2D eigenvalue weighted by Gasteiger charge is 1.99. The van der Waals surface area contributed by atoms with E-state index in [9.17, 15) is 0 Å². The first-order chi connectivity index (χ1) is 7.24. The molecule has 76 valence electrons. The predicted molar refractivity (Wildman–Crippen MR) is 58.0 cm³/mol. The highest BCUT2D eigenvalue weighted by Crippen LogP contribution is 2.21. The SMILES string of the molecule is Nc1cccc(Oc2ccc(Cl)nn2)c1. The lowest BCUT2D eigenvalue weighted by molar-refractivity contribution is 0.455. The standard InChI is InChI=1S/C10H8ClN3O/c11-9-4-5-10(14-13-9)15-8-3-1-2-7(12)6-8/h1-6H,12H2. The molecule has 1 aromatic carbocycles. The lowest BCUT2D eigenvalue weighted by Crippen LogP contribution is -1.91. The molecule has 15 heavy (non-hydrogen) atoms. The number of benzene rings is 1. The van der Waals surface area contributed by atoms with Crippen molar-refractivity contribution in [3.05, 3.63) is 41.6 Å². The van der Waals surface area contributed by atoms with Gasteiger partial charge in [0.05, 0.1) is 0 Å². The van der Waals surface area contributed by atoms with Gasteiger partial charge in [0, 0.05) is 17.8 Å². The summed E-state index contributed by atoms with van der Waals surface area (Å²) in [6.45, 7) is 0. The van der Waals surface area contributed by atoms with E-state index < -0.39 is 0 Å². The van der Waals surface area contributed by atoms with E-state index in [0.717, 1.165) is 0 Å². The fraction of sp³-hybridized carbons (Fsp3) is 0. The number of nitrogen functional groups attached to an aromatic ring is 1. The number of halogens is 1. The number of rotatable bonds is 2. The molecule has 0 aliphatic heterocycles. The van der Waals surface area contributed by atoms with Crippen LogP contribution in [-0.2, 0) is 0 Å². The maximum Gasteiger partial charge on any atom is 0.238 e. The Labute approximate surface area is 91.7 Å². The average molecular weight is 222 g/mol. The Hall–Kier alpha value is -1.81. The number of hydrogen-bond donors (Lipinski definition) is 1. The van der Waals surface area contributed by atoms with Crippen LogP contribution in [0.25, 0.3) is 0 Å². The minimum absolute atomic E-state index is 0.329. The van der Waals surface area contributed by atoms with Gasteiger partial charge in [-0.25, -0.2) is 0 Å². The van der Waals surface area contributed by atoms with E-state index in [1.165, 1.54) is 0 Å². The minimum Gasteiger partial charge on any atom is -0.437 e. The van der Waals surface area contributed by atoms with Crippen LogP contribution in [0.2, 0.25) is 5.15 Å². The topological polar surface area (TPSA) is 61.0 Å². The second-order valence-corrected chi connectivity index (χ2v) is 3.26. The summed E-state index contributed by atoms with van der Waals surface area (Å²) in [4.78, 5) is 0. The van der Waals surface area contributed by atoms with E-state index in [0.29, 0.717) is 22.5 Å². The number of ether oxygens (including phenoxy) is 1. The van der Waals surface area contributed by atoms with E-state index in [-0.39, 0.29) is 0 Å². The third-order valence-corrected chi connectivity index (χ3v) is 1.89. The molecule has 2 N–H and O–H groups in total. The molecule has 0 saturated heterocycles. The number of nitrogens with two attached hydrogens (primary N) is 1. The molecular formula is C10H8ClN3O. The molecule has 0 aliphatic carbocycles. The first-order valence-corrected chi connectivity index (χ1v) is 4.64. The van der Waals surface area contributed by atoms with Crippen molar-refractivity contribution >= 4 is 17.3 Å². The van der Waals surface area contributed by atoms with Gasteiger partial charge in [-0.1, -0.05) is 17.7 Å². The minimum atomic E-state index is 0.329. The van der Waals surface area contributed by atoms with Crippen molar-refractivity contribution < 1.29 is 4.74 Å². The summed E-state index contributed by atoms with van der Waals surface area (Å²) >= 11 is 5.59. The van der Waals surface area contributed by atoms with Crippen molar-refractivity contribution in [2.45, 2.75) is 0 Å². The molecular weight excluding hydrogens is 214 g/mol. The zero-order chi connectivity index (χ0) is 10.7. The zero-order valence-electron chi connectivity index (χ0n) is 7.72. The van der Waals surface area contributed by atoms with E-state index in [2.05, 4.69) is 10.2 Å². The zero-order valence-corrected chi connectivity index (χ0v) is 8.48. The predicted octanol–water partition coefficient (Wildman–Crippen LogP) is 2.50. The maximum atomic E-state index is 5.60. The van der Waals surface area contributed by atoms with Crippen molar-refractivity contribution in [1.82, 2.24) is 10.2 Å². The number of hydrogen-bond acceptors (Lipinski definition) is 4. The molecule has 0 aliphatic rings. The Morgan fingerprint density at radius 1 is 1.13 bits per heavy atom. The van der Waals surface area contributed by atoms with Gasteiger partial charge in [0.1, 0.15) is 5.75 Å². The lowest BCUT2D eigenvalue weighted by Gasteiger charge is -2.03. The largest absolute Gasteiger partial charge is 0.437 e. The molecule has 0 radical (unpaired) electrons. The van der Waals surface area contributed by atoms with E-state index in [1.807, 2.05) is 0 Å². The Kier molecular flexibility index (Phi) is 2.69. The Balaban J connectivity index is 2.18. The first kappa shape index (κ1) is 9.73. The van der Waals surface area contributed by atoms with Gasteiger partial charge in [-0.2, -0.15) is 0 Å². The van der Waals surface area contributed by atoms with E-state index >= 15 is 0 Å². The average Bonchev–Trinajstić information content (AvgIpc) is 2.22. The number of nitrogens with zero attached hydrogens (tertiary/aromatic N) is 2. The van der Waals surface area contributed by atoms with Crippen LogP contribution in [0.15, 0.2) is 36.4 Å². The smallest absolute Gasteiger partial charge is 0.238 e. The summed E-state index contributed by atoms with van der Waals surface area (Å²) in [6.07, 6.45) is 0. The second-order valence-electron chi connectivity index (χ2n) is 2.87. The lowest BCUT2D eigenvalue weighted by atomic mass is 10.3. The number of aromatic nitrogens is 2. The first-order valence-electron chi connectivity index (χ1n) is 4.27. The van der Waals surface area contributed by atoms with Crippen molar-refractivity contribution in [2.24, 2.45) is 0 Å². The Morgan fingerprint density at radius 2 is 2.00 bits per heavy atom. The molecule has 1 aromatic heterocycles. The molecule has 0 saturated carbocycles. The summed E-state index contributed by atoms with van der Waals surface area (Å²) in [5.74, 6) is 0.997. The summed E-state index contributed by atoms with van der Waals surface area (Å²) in [5.41, 5.74) is 6.23. The summed E-state index contributed by atoms with van der Waals surface area (Å²) < 4.78 is 5.40. The van der Waals surface area contributed by atoms with Gasteiger partial charge >= 0.3 is 0 Å². The molecule has 1 heterocycles. The highest BCUT2D eigenvalue weighted by molar-refractivity contribution is 6.29. The van der Waals surface area contributed by atoms with Gasteiger partial charge in [0.15, 0.2) is 5.15 Å². The van der Waals surface area contributed by atoms with Crippen molar-refractivity contribution in [3.8, 4) is 11.6 Å². The van der Waals surface area contributed by atoms with Crippen LogP contribution in [-0.4, -0.2) is 10.2 Å². The Bertz CT molecular complexity index is 458. The fourth-order valence-electron chi connectivity index (χ4n) is 1.06.